The standard InChI is InChI=1S/C11H12F2N4O/c12-11(13)18-10-3-1-9(2-4-10)17-7-8(5-6-14)15-16-17/h1-4,7,11H,5-6,14H2. The molecule has 0 amide bonds. The summed E-state index contributed by atoms with van der Waals surface area (Å²) < 4.78 is 29.7. The highest BCUT2D eigenvalue weighted by molar-refractivity contribution is 5.36. The van der Waals surface area contributed by atoms with E-state index in [-0.39, 0.29) is 5.75 Å². The first kappa shape index (κ1) is 12.4. The smallest absolute Gasteiger partial charge is 0.387 e. The van der Waals surface area contributed by atoms with Crippen LogP contribution in [0.25, 0.3) is 5.69 Å². The minimum absolute atomic E-state index is 0.107. The van der Waals surface area contributed by atoms with Crippen molar-refractivity contribution in [1.82, 2.24) is 15.0 Å². The molecule has 0 fully saturated rings. The number of rotatable bonds is 5. The lowest BCUT2D eigenvalue weighted by Gasteiger charge is -2.05. The molecule has 0 unspecified atom stereocenters. The molecule has 1 heterocycles. The van der Waals surface area contributed by atoms with Crippen molar-refractivity contribution in [1.29, 1.82) is 0 Å². The van der Waals surface area contributed by atoms with Crippen molar-refractivity contribution >= 4 is 0 Å². The Balaban J connectivity index is 2.12. The van der Waals surface area contributed by atoms with E-state index in [9.17, 15) is 8.78 Å². The van der Waals surface area contributed by atoms with Crippen LogP contribution in [0.15, 0.2) is 30.5 Å². The van der Waals surface area contributed by atoms with E-state index in [4.69, 9.17) is 5.73 Å². The first-order chi connectivity index (χ1) is 8.69. The Labute approximate surface area is 102 Å². The fourth-order valence-electron chi connectivity index (χ4n) is 1.47. The molecule has 0 aliphatic carbocycles. The highest BCUT2D eigenvalue weighted by Gasteiger charge is 2.05. The zero-order chi connectivity index (χ0) is 13.0. The molecule has 5 nitrogen and oxygen atoms in total. The predicted molar refractivity (Wildman–Crippen MR) is 60.7 cm³/mol. The third kappa shape index (κ3) is 3.01. The Morgan fingerprint density at radius 1 is 1.28 bits per heavy atom. The van der Waals surface area contributed by atoms with Gasteiger partial charge in [0.25, 0.3) is 0 Å². The lowest BCUT2D eigenvalue weighted by Crippen LogP contribution is -2.02. The number of aromatic nitrogens is 3. The molecular weight excluding hydrogens is 242 g/mol. The van der Waals surface area contributed by atoms with Gasteiger partial charge in [-0.05, 0) is 30.8 Å². The fraction of sp³-hybridized carbons (Fsp3) is 0.273. The molecule has 2 aromatic rings. The molecule has 0 aliphatic heterocycles. The highest BCUT2D eigenvalue weighted by atomic mass is 19.3. The zero-order valence-electron chi connectivity index (χ0n) is 9.46. The molecule has 2 N–H and O–H groups in total. The second kappa shape index (κ2) is 5.54. The summed E-state index contributed by atoms with van der Waals surface area (Å²) in [5, 5.41) is 7.85. The summed E-state index contributed by atoms with van der Waals surface area (Å²) in [7, 11) is 0. The number of alkyl halides is 2. The quantitative estimate of drug-likeness (QED) is 0.875. The van der Waals surface area contributed by atoms with Crippen molar-refractivity contribution in [3.63, 3.8) is 0 Å². The van der Waals surface area contributed by atoms with Gasteiger partial charge in [0, 0.05) is 6.42 Å². The van der Waals surface area contributed by atoms with Crippen LogP contribution in [-0.2, 0) is 6.42 Å². The molecular formula is C11H12F2N4O. The first-order valence-corrected chi connectivity index (χ1v) is 5.35. The predicted octanol–water partition coefficient (Wildman–Crippen LogP) is 1.37. The van der Waals surface area contributed by atoms with Crippen LogP contribution in [0.1, 0.15) is 5.69 Å². The van der Waals surface area contributed by atoms with Gasteiger partial charge >= 0.3 is 6.61 Å². The summed E-state index contributed by atoms with van der Waals surface area (Å²) in [6, 6.07) is 6.15. The third-order valence-electron chi connectivity index (χ3n) is 2.27. The second-order valence-corrected chi connectivity index (χ2v) is 3.57. The molecule has 1 aromatic carbocycles. The lowest BCUT2D eigenvalue weighted by molar-refractivity contribution is -0.0498. The number of halogens is 2. The Kier molecular flexibility index (Phi) is 3.83. The Morgan fingerprint density at radius 3 is 2.61 bits per heavy atom. The summed E-state index contributed by atoms with van der Waals surface area (Å²) >= 11 is 0. The molecule has 96 valence electrons. The van der Waals surface area contributed by atoms with Gasteiger partial charge in [-0.3, -0.25) is 0 Å². The molecule has 0 radical (unpaired) electrons. The Hall–Kier alpha value is -2.02. The van der Waals surface area contributed by atoms with Gasteiger partial charge < -0.3 is 10.5 Å². The second-order valence-electron chi connectivity index (χ2n) is 3.57. The van der Waals surface area contributed by atoms with Crippen molar-refractivity contribution in [2.75, 3.05) is 6.54 Å². The van der Waals surface area contributed by atoms with E-state index in [2.05, 4.69) is 15.0 Å². The normalized spacial score (nSPS) is 10.9. The molecule has 2 rings (SSSR count). The topological polar surface area (TPSA) is 66.0 Å². The summed E-state index contributed by atoms with van der Waals surface area (Å²) in [4.78, 5) is 0. The van der Waals surface area contributed by atoms with Gasteiger partial charge in [-0.1, -0.05) is 5.21 Å². The largest absolute Gasteiger partial charge is 0.435 e. The van der Waals surface area contributed by atoms with Crippen molar-refractivity contribution in [3.05, 3.63) is 36.2 Å². The van der Waals surface area contributed by atoms with Crippen molar-refractivity contribution in [3.8, 4) is 11.4 Å². The van der Waals surface area contributed by atoms with Crippen LogP contribution in [0.4, 0.5) is 8.78 Å². The maximum absolute atomic E-state index is 12.0. The number of nitrogens with zero attached hydrogens (tertiary/aromatic N) is 3. The van der Waals surface area contributed by atoms with Crippen LogP contribution in [0, 0.1) is 0 Å². The Morgan fingerprint density at radius 2 is 2.00 bits per heavy atom. The summed E-state index contributed by atoms with van der Waals surface area (Å²) in [6.07, 6.45) is 2.39. The van der Waals surface area contributed by atoms with Crippen LogP contribution in [0.3, 0.4) is 0 Å². The molecule has 0 saturated carbocycles. The average molecular weight is 254 g/mol. The van der Waals surface area contributed by atoms with E-state index < -0.39 is 6.61 Å². The molecule has 0 atom stereocenters. The van der Waals surface area contributed by atoms with E-state index in [1.165, 1.54) is 12.1 Å². The molecule has 0 bridgehead atoms. The fourth-order valence-corrected chi connectivity index (χ4v) is 1.47. The number of ether oxygens (including phenoxy) is 1. The van der Waals surface area contributed by atoms with Crippen LogP contribution < -0.4 is 10.5 Å². The molecule has 0 aliphatic rings. The molecule has 1 aromatic heterocycles. The number of benzene rings is 1. The third-order valence-corrected chi connectivity index (χ3v) is 2.27. The van der Waals surface area contributed by atoms with Gasteiger partial charge in [0.05, 0.1) is 17.6 Å². The van der Waals surface area contributed by atoms with Crippen LogP contribution in [-0.4, -0.2) is 28.2 Å². The number of hydrogen-bond acceptors (Lipinski definition) is 4. The van der Waals surface area contributed by atoms with Gasteiger partial charge in [-0.15, -0.1) is 5.10 Å². The van der Waals surface area contributed by atoms with E-state index in [0.717, 1.165) is 5.69 Å². The minimum atomic E-state index is -2.82. The van der Waals surface area contributed by atoms with Gasteiger partial charge in [-0.2, -0.15) is 8.78 Å². The molecule has 18 heavy (non-hydrogen) atoms. The van der Waals surface area contributed by atoms with E-state index in [0.29, 0.717) is 18.7 Å². The maximum Gasteiger partial charge on any atom is 0.387 e. The SMILES string of the molecule is NCCc1cn(-c2ccc(OC(F)F)cc2)nn1. The number of nitrogens with two attached hydrogens (primary N) is 1. The zero-order valence-corrected chi connectivity index (χ0v) is 9.46. The summed E-state index contributed by atoms with van der Waals surface area (Å²) in [5.41, 5.74) is 6.91. The van der Waals surface area contributed by atoms with Gasteiger partial charge in [0.15, 0.2) is 0 Å². The maximum atomic E-state index is 12.0. The minimum Gasteiger partial charge on any atom is -0.435 e. The average Bonchev–Trinajstić information content (AvgIpc) is 2.78. The van der Waals surface area contributed by atoms with E-state index >= 15 is 0 Å². The van der Waals surface area contributed by atoms with Crippen molar-refractivity contribution in [2.24, 2.45) is 5.73 Å². The lowest BCUT2D eigenvalue weighted by atomic mass is 10.3. The van der Waals surface area contributed by atoms with Gasteiger partial charge in [0.2, 0.25) is 0 Å². The first-order valence-electron chi connectivity index (χ1n) is 5.35. The summed E-state index contributed by atoms with van der Waals surface area (Å²) in [5.74, 6) is 0.107. The summed E-state index contributed by atoms with van der Waals surface area (Å²) in [6.45, 7) is -2.32. The molecule has 0 saturated heterocycles. The van der Waals surface area contributed by atoms with Crippen LogP contribution in [0.5, 0.6) is 5.75 Å². The number of hydrogen-bond donors (Lipinski definition) is 1. The molecule has 0 spiro atoms. The monoisotopic (exact) mass is 254 g/mol. The van der Waals surface area contributed by atoms with E-state index in [1.54, 1.807) is 23.0 Å². The van der Waals surface area contributed by atoms with Crippen LogP contribution in [0.2, 0.25) is 0 Å². The van der Waals surface area contributed by atoms with Crippen LogP contribution >= 0.6 is 0 Å². The Bertz CT molecular complexity index is 498. The van der Waals surface area contributed by atoms with Crippen molar-refractivity contribution < 1.29 is 13.5 Å². The van der Waals surface area contributed by atoms with Crippen molar-refractivity contribution in [2.45, 2.75) is 13.0 Å². The molecule has 7 heteroatoms. The van der Waals surface area contributed by atoms with Gasteiger partial charge in [0.1, 0.15) is 5.75 Å². The van der Waals surface area contributed by atoms with Gasteiger partial charge in [-0.25, -0.2) is 4.68 Å². The van der Waals surface area contributed by atoms with E-state index in [1.807, 2.05) is 0 Å². The highest BCUT2D eigenvalue weighted by Crippen LogP contribution is 2.16.